The molecule has 0 spiro atoms. The Kier molecular flexibility index (Phi) is 5.41. The summed E-state index contributed by atoms with van der Waals surface area (Å²) in [5.74, 6) is -0.391. The Morgan fingerprint density at radius 3 is 2.66 bits per heavy atom. The summed E-state index contributed by atoms with van der Waals surface area (Å²) in [6.07, 6.45) is 6.39. The van der Waals surface area contributed by atoms with Crippen LogP contribution in [0.25, 0.3) is 27.9 Å². The van der Waals surface area contributed by atoms with Crippen molar-refractivity contribution < 1.29 is 13.9 Å². The van der Waals surface area contributed by atoms with Crippen LogP contribution in [0.2, 0.25) is 0 Å². The quantitative estimate of drug-likeness (QED) is 0.516. The van der Waals surface area contributed by atoms with Crippen LogP contribution in [0.15, 0.2) is 43.1 Å². The summed E-state index contributed by atoms with van der Waals surface area (Å²) in [7, 11) is 1.85. The summed E-state index contributed by atoms with van der Waals surface area (Å²) in [6, 6.07) is 5.38. The van der Waals surface area contributed by atoms with E-state index in [9.17, 15) is 4.79 Å². The minimum absolute atomic E-state index is 0.160. The van der Waals surface area contributed by atoms with Crippen LogP contribution in [0.3, 0.4) is 0 Å². The summed E-state index contributed by atoms with van der Waals surface area (Å²) < 4.78 is 24.0. The zero-order valence-corrected chi connectivity index (χ0v) is 18.7. The number of benzene rings is 1. The van der Waals surface area contributed by atoms with Crippen LogP contribution in [-0.2, 0) is 18.3 Å². The van der Waals surface area contributed by atoms with Gasteiger partial charge >= 0.3 is 6.09 Å². The Balaban J connectivity index is 1.65. The fraction of sp³-hybridized carbons (Fsp3) is 0.304. The molecule has 1 amide bonds. The van der Waals surface area contributed by atoms with Crippen molar-refractivity contribution >= 4 is 11.6 Å². The summed E-state index contributed by atoms with van der Waals surface area (Å²) in [6.45, 7) is 7.21. The Morgan fingerprint density at radius 1 is 1.19 bits per heavy atom. The molecule has 166 valence electrons. The number of nitrogens with one attached hydrogen (secondary N) is 1. The summed E-state index contributed by atoms with van der Waals surface area (Å²) in [5, 5.41) is 11.1. The van der Waals surface area contributed by atoms with E-state index in [1.54, 1.807) is 55.2 Å². The highest BCUT2D eigenvalue weighted by Crippen LogP contribution is 2.31. The lowest BCUT2D eigenvalue weighted by molar-refractivity contribution is 0.0523. The van der Waals surface area contributed by atoms with Gasteiger partial charge in [-0.05, 0) is 51.0 Å². The molecular weight excluding hydrogens is 411 g/mol. The number of aryl methyl sites for hydroxylation is 1. The van der Waals surface area contributed by atoms with Crippen LogP contribution in [0, 0.1) is 12.7 Å². The number of aromatic nitrogens is 5. The van der Waals surface area contributed by atoms with Gasteiger partial charge < -0.3 is 10.1 Å². The molecule has 0 aliphatic carbocycles. The van der Waals surface area contributed by atoms with Crippen molar-refractivity contribution in [2.75, 3.05) is 0 Å². The largest absolute Gasteiger partial charge is 0.444 e. The molecule has 0 unspecified atom stereocenters. The average Bonchev–Trinajstić information content (AvgIpc) is 3.34. The number of amides is 1. The van der Waals surface area contributed by atoms with E-state index >= 15 is 4.39 Å². The van der Waals surface area contributed by atoms with E-state index in [-0.39, 0.29) is 6.54 Å². The Morgan fingerprint density at radius 2 is 1.97 bits per heavy atom. The van der Waals surface area contributed by atoms with E-state index < -0.39 is 17.5 Å². The van der Waals surface area contributed by atoms with Gasteiger partial charge in [0.15, 0.2) is 0 Å². The van der Waals surface area contributed by atoms with E-state index in [2.05, 4.69) is 20.5 Å². The number of hydrogen-bond donors (Lipinski definition) is 1. The fourth-order valence-corrected chi connectivity index (χ4v) is 3.45. The van der Waals surface area contributed by atoms with Gasteiger partial charge in [0, 0.05) is 42.7 Å². The van der Waals surface area contributed by atoms with Gasteiger partial charge in [0.05, 0.1) is 11.7 Å². The number of rotatable bonds is 4. The Hall–Kier alpha value is -3.75. The minimum Gasteiger partial charge on any atom is -0.444 e. The minimum atomic E-state index is -0.599. The van der Waals surface area contributed by atoms with Crippen molar-refractivity contribution in [3.8, 4) is 22.4 Å². The second-order valence-electron chi connectivity index (χ2n) is 8.64. The van der Waals surface area contributed by atoms with Gasteiger partial charge in [-0.3, -0.25) is 4.68 Å². The van der Waals surface area contributed by atoms with Gasteiger partial charge in [0.1, 0.15) is 23.4 Å². The first-order chi connectivity index (χ1) is 15.1. The molecule has 0 saturated carbocycles. The van der Waals surface area contributed by atoms with Gasteiger partial charge in [0.25, 0.3) is 0 Å². The molecular formula is C23H25FN6O2. The molecule has 0 fully saturated rings. The smallest absolute Gasteiger partial charge is 0.407 e. The summed E-state index contributed by atoms with van der Waals surface area (Å²) >= 11 is 0. The van der Waals surface area contributed by atoms with Crippen molar-refractivity contribution in [1.82, 2.24) is 29.7 Å². The lowest BCUT2D eigenvalue weighted by atomic mass is 10.0. The van der Waals surface area contributed by atoms with Crippen LogP contribution in [-0.4, -0.2) is 36.1 Å². The zero-order chi connectivity index (χ0) is 23.0. The van der Waals surface area contributed by atoms with Crippen LogP contribution in [0.5, 0.6) is 0 Å². The molecule has 0 saturated heterocycles. The predicted octanol–water partition coefficient (Wildman–Crippen LogP) is 4.27. The summed E-state index contributed by atoms with van der Waals surface area (Å²) in [5.41, 5.74) is 3.89. The number of alkyl carbamates (subject to hydrolysis) is 1. The number of halogens is 1. The normalized spacial score (nSPS) is 11.7. The number of carbonyl (C=O) groups is 1. The Bertz CT molecular complexity index is 1300. The maximum Gasteiger partial charge on any atom is 0.407 e. The highest BCUT2D eigenvalue weighted by molar-refractivity contribution is 5.82. The maximum atomic E-state index is 15.4. The first-order valence-electron chi connectivity index (χ1n) is 10.2. The first-order valence-corrected chi connectivity index (χ1v) is 10.2. The molecule has 0 radical (unpaired) electrons. The number of carbonyl (C=O) groups excluding carboxylic acids is 1. The molecule has 4 rings (SSSR count). The van der Waals surface area contributed by atoms with Crippen molar-refractivity contribution in [1.29, 1.82) is 0 Å². The molecule has 1 aromatic carbocycles. The molecule has 9 heteroatoms. The standard InChI is InChI=1S/C23H25FN6O2/c1-14-15(9-25-22(31)32-23(2,3)4)6-7-18(20(14)24)21-19-8-16(12-30(19)28-13-26-21)17-10-27-29(5)11-17/h6-8,10-13H,9H2,1-5H3,(H,25,31). The van der Waals surface area contributed by atoms with Gasteiger partial charge in [-0.1, -0.05) is 6.07 Å². The van der Waals surface area contributed by atoms with Crippen molar-refractivity contribution in [3.63, 3.8) is 0 Å². The predicted molar refractivity (Wildman–Crippen MR) is 118 cm³/mol. The van der Waals surface area contributed by atoms with Crippen molar-refractivity contribution in [2.45, 2.75) is 39.8 Å². The molecule has 8 nitrogen and oxygen atoms in total. The van der Waals surface area contributed by atoms with Gasteiger partial charge in [-0.25, -0.2) is 18.7 Å². The molecule has 0 bridgehead atoms. The van der Waals surface area contributed by atoms with E-state index in [4.69, 9.17) is 4.74 Å². The number of nitrogens with zero attached hydrogens (tertiary/aromatic N) is 5. The number of hydrogen-bond acceptors (Lipinski definition) is 5. The second kappa shape index (κ2) is 8.07. The van der Waals surface area contributed by atoms with E-state index in [1.165, 1.54) is 6.33 Å². The molecule has 4 aromatic rings. The third-order valence-electron chi connectivity index (χ3n) is 5.02. The highest BCUT2D eigenvalue weighted by Gasteiger charge is 2.19. The first kappa shape index (κ1) is 21.5. The Labute approximate surface area is 185 Å². The molecule has 0 aliphatic heterocycles. The second-order valence-corrected chi connectivity index (χ2v) is 8.64. The molecule has 3 heterocycles. The van der Waals surface area contributed by atoms with Gasteiger partial charge in [0.2, 0.25) is 0 Å². The lowest BCUT2D eigenvalue weighted by Gasteiger charge is -2.20. The number of fused-ring (bicyclic) bond motifs is 1. The van der Waals surface area contributed by atoms with Gasteiger partial charge in [-0.2, -0.15) is 10.2 Å². The van der Waals surface area contributed by atoms with Crippen LogP contribution in [0.4, 0.5) is 9.18 Å². The molecule has 32 heavy (non-hydrogen) atoms. The third-order valence-corrected chi connectivity index (χ3v) is 5.02. The van der Waals surface area contributed by atoms with Gasteiger partial charge in [-0.15, -0.1) is 0 Å². The van der Waals surface area contributed by atoms with Crippen molar-refractivity contribution in [3.05, 3.63) is 60.1 Å². The average molecular weight is 436 g/mol. The van der Waals surface area contributed by atoms with E-state index in [0.717, 1.165) is 11.1 Å². The monoisotopic (exact) mass is 436 g/mol. The third kappa shape index (κ3) is 4.32. The zero-order valence-electron chi connectivity index (χ0n) is 18.7. The highest BCUT2D eigenvalue weighted by atomic mass is 19.1. The van der Waals surface area contributed by atoms with E-state index in [0.29, 0.717) is 27.9 Å². The number of ether oxygens (including phenoxy) is 1. The summed E-state index contributed by atoms with van der Waals surface area (Å²) in [4.78, 5) is 16.3. The maximum absolute atomic E-state index is 15.4. The fourth-order valence-electron chi connectivity index (χ4n) is 3.45. The lowest BCUT2D eigenvalue weighted by Crippen LogP contribution is -2.32. The van der Waals surface area contributed by atoms with Crippen molar-refractivity contribution in [2.24, 2.45) is 7.05 Å². The SMILES string of the molecule is Cc1c(CNC(=O)OC(C)(C)C)ccc(-c2ncnn3cc(-c4cnn(C)c4)cc23)c1F. The van der Waals surface area contributed by atoms with Crippen LogP contribution in [0.1, 0.15) is 31.9 Å². The van der Waals surface area contributed by atoms with Crippen LogP contribution >= 0.6 is 0 Å². The molecule has 1 N–H and O–H groups in total. The molecule has 3 aromatic heterocycles. The van der Waals surface area contributed by atoms with E-state index in [1.807, 2.05) is 25.5 Å². The topological polar surface area (TPSA) is 86.3 Å². The van der Waals surface area contributed by atoms with Crippen LogP contribution < -0.4 is 5.32 Å². The molecule has 0 atom stereocenters. The molecule has 0 aliphatic rings.